The fourth-order valence-electron chi connectivity index (χ4n) is 0.676. The van der Waals surface area contributed by atoms with E-state index in [0.717, 1.165) is 6.07 Å². The van der Waals surface area contributed by atoms with Crippen molar-refractivity contribution in [2.24, 2.45) is 0 Å². The minimum absolute atomic E-state index is 0.0493. The van der Waals surface area contributed by atoms with Gasteiger partial charge in [0, 0.05) is 6.07 Å². The minimum Gasteiger partial charge on any atom is -0.387 e. The van der Waals surface area contributed by atoms with E-state index in [0.29, 0.717) is 0 Å². The summed E-state index contributed by atoms with van der Waals surface area (Å²) < 4.78 is 51.1. The van der Waals surface area contributed by atoms with E-state index in [1.165, 1.54) is 22.6 Å². The number of rotatable bonds is 1. The van der Waals surface area contributed by atoms with E-state index in [4.69, 9.17) is 0 Å². The summed E-state index contributed by atoms with van der Waals surface area (Å²) in [6.07, 6.45) is -5.03. The van der Waals surface area contributed by atoms with Crippen LogP contribution < -0.4 is 10.2 Å². The summed E-state index contributed by atoms with van der Waals surface area (Å²) >= 11 is 1.53. The zero-order chi connectivity index (χ0) is 10.9. The number of hydrogen-bond donors (Lipinski definition) is 1. The molecular weight excluding hydrogens is 321 g/mol. The van der Waals surface area contributed by atoms with Crippen LogP contribution in [0.4, 0.5) is 17.6 Å². The molecule has 1 rings (SSSR count). The Morgan fingerprint density at radius 2 is 2.00 bits per heavy atom. The van der Waals surface area contributed by atoms with Crippen LogP contribution in [0.5, 0.6) is 5.88 Å². The van der Waals surface area contributed by atoms with Gasteiger partial charge in [-0.05, 0) is 22.6 Å². The lowest BCUT2D eigenvalue weighted by atomic mass is 10.4. The van der Waals surface area contributed by atoms with Gasteiger partial charge in [-0.25, -0.2) is 0 Å². The molecule has 0 saturated carbocycles. The van der Waals surface area contributed by atoms with Gasteiger partial charge in [-0.1, -0.05) is 0 Å². The highest BCUT2D eigenvalue weighted by Crippen LogP contribution is 2.22. The van der Waals surface area contributed by atoms with Crippen molar-refractivity contribution in [2.75, 3.05) is 0 Å². The number of ether oxygens (including phenoxy) is 1. The Kier molecular flexibility index (Phi) is 3.02. The van der Waals surface area contributed by atoms with Crippen LogP contribution in [0, 0.1) is 9.52 Å². The number of hydrogen-bond acceptors (Lipinski definition) is 2. The number of halogens is 5. The van der Waals surface area contributed by atoms with Gasteiger partial charge in [-0.2, -0.15) is 4.39 Å². The third-order valence-electron chi connectivity index (χ3n) is 1.12. The lowest BCUT2D eigenvalue weighted by Crippen LogP contribution is -2.21. The molecule has 8 heteroatoms. The molecular formula is C6H2F4INO2. The molecule has 0 unspecified atom stereocenters. The molecule has 1 heterocycles. The van der Waals surface area contributed by atoms with Crippen molar-refractivity contribution in [1.82, 2.24) is 4.98 Å². The fraction of sp³-hybridized carbons (Fsp3) is 0.167. The standard InChI is InChI=1S/C6H2F4INO2/c7-4-2(13)1-3(11)12-5(4)14-6(8,9)10/h1H,(H,12,13). The van der Waals surface area contributed by atoms with Crippen LogP contribution in [0.1, 0.15) is 0 Å². The molecule has 78 valence electrons. The summed E-state index contributed by atoms with van der Waals surface area (Å²) in [6, 6.07) is 0.819. The van der Waals surface area contributed by atoms with E-state index in [1.54, 1.807) is 0 Å². The molecule has 0 bridgehead atoms. The monoisotopic (exact) mass is 323 g/mol. The Balaban J connectivity index is 3.15. The van der Waals surface area contributed by atoms with Crippen molar-refractivity contribution >= 4 is 22.6 Å². The van der Waals surface area contributed by atoms with E-state index in [-0.39, 0.29) is 3.70 Å². The topological polar surface area (TPSA) is 42.1 Å². The number of aromatic nitrogens is 1. The first-order chi connectivity index (χ1) is 6.29. The zero-order valence-corrected chi connectivity index (χ0v) is 8.44. The molecule has 1 N–H and O–H groups in total. The average molecular weight is 323 g/mol. The molecule has 0 radical (unpaired) electrons. The van der Waals surface area contributed by atoms with Gasteiger partial charge in [0.15, 0.2) is 0 Å². The van der Waals surface area contributed by atoms with Gasteiger partial charge in [-0.3, -0.25) is 4.79 Å². The summed E-state index contributed by atoms with van der Waals surface area (Å²) in [7, 11) is 0. The molecule has 14 heavy (non-hydrogen) atoms. The largest absolute Gasteiger partial charge is 0.574 e. The molecule has 0 aliphatic heterocycles. The number of alkyl halides is 3. The highest BCUT2D eigenvalue weighted by atomic mass is 127. The van der Waals surface area contributed by atoms with Crippen molar-refractivity contribution in [3.63, 3.8) is 0 Å². The van der Waals surface area contributed by atoms with Crippen LogP contribution >= 0.6 is 22.6 Å². The molecule has 0 aromatic carbocycles. The smallest absolute Gasteiger partial charge is 0.387 e. The molecule has 1 aromatic heterocycles. The zero-order valence-electron chi connectivity index (χ0n) is 6.28. The first kappa shape index (κ1) is 11.3. The van der Waals surface area contributed by atoms with Crippen molar-refractivity contribution in [2.45, 2.75) is 6.36 Å². The second kappa shape index (κ2) is 3.75. The molecule has 0 atom stereocenters. The minimum atomic E-state index is -5.03. The van der Waals surface area contributed by atoms with E-state index < -0.39 is 23.5 Å². The van der Waals surface area contributed by atoms with Crippen molar-refractivity contribution in [3.8, 4) is 5.88 Å². The maximum atomic E-state index is 12.7. The van der Waals surface area contributed by atoms with Gasteiger partial charge >= 0.3 is 6.36 Å². The van der Waals surface area contributed by atoms with Crippen LogP contribution in [-0.4, -0.2) is 11.3 Å². The van der Waals surface area contributed by atoms with Crippen LogP contribution in [0.15, 0.2) is 10.9 Å². The van der Waals surface area contributed by atoms with Gasteiger partial charge < -0.3 is 9.72 Å². The summed E-state index contributed by atoms with van der Waals surface area (Å²) in [4.78, 5) is 12.6. The number of nitrogens with one attached hydrogen (secondary N) is 1. The molecule has 0 aliphatic rings. The van der Waals surface area contributed by atoms with E-state index >= 15 is 0 Å². The third-order valence-corrected chi connectivity index (χ3v) is 1.71. The summed E-state index contributed by atoms with van der Waals surface area (Å²) in [5.74, 6) is -2.82. The first-order valence-electron chi connectivity index (χ1n) is 3.13. The lowest BCUT2D eigenvalue weighted by molar-refractivity contribution is -0.277. The van der Waals surface area contributed by atoms with Gasteiger partial charge in [0.2, 0.25) is 17.1 Å². The Hall–Kier alpha value is -0.800. The van der Waals surface area contributed by atoms with Crippen LogP contribution in [0.25, 0.3) is 0 Å². The first-order valence-corrected chi connectivity index (χ1v) is 4.21. The van der Waals surface area contributed by atoms with Crippen molar-refractivity contribution in [3.05, 3.63) is 25.8 Å². The fourth-order valence-corrected chi connectivity index (χ4v) is 1.20. The van der Waals surface area contributed by atoms with Gasteiger partial charge in [0.05, 0.1) is 3.70 Å². The number of pyridine rings is 1. The molecule has 0 aliphatic carbocycles. The SMILES string of the molecule is O=c1cc(I)[nH]c(OC(F)(F)F)c1F. The second-order valence-corrected chi connectivity index (χ2v) is 3.33. The predicted molar refractivity (Wildman–Crippen MR) is 46.4 cm³/mol. The maximum absolute atomic E-state index is 12.7. The summed E-state index contributed by atoms with van der Waals surface area (Å²) in [5, 5.41) is 0. The predicted octanol–water partition coefficient (Wildman–Crippen LogP) is 2.02. The van der Waals surface area contributed by atoms with E-state index in [9.17, 15) is 22.4 Å². The molecule has 3 nitrogen and oxygen atoms in total. The maximum Gasteiger partial charge on any atom is 0.574 e. The van der Waals surface area contributed by atoms with Gasteiger partial charge in [-0.15, -0.1) is 13.2 Å². The normalized spacial score (nSPS) is 11.5. The summed E-state index contributed by atoms with van der Waals surface area (Å²) in [5.41, 5.74) is -1.16. The molecule has 0 fully saturated rings. The molecule has 0 amide bonds. The highest BCUT2D eigenvalue weighted by molar-refractivity contribution is 14.1. The quantitative estimate of drug-likeness (QED) is 0.488. The molecule has 1 aromatic rings. The molecule has 0 spiro atoms. The highest BCUT2D eigenvalue weighted by Gasteiger charge is 2.33. The van der Waals surface area contributed by atoms with E-state index in [1.807, 2.05) is 4.98 Å². The van der Waals surface area contributed by atoms with Crippen molar-refractivity contribution < 1.29 is 22.3 Å². The van der Waals surface area contributed by atoms with Crippen molar-refractivity contribution in [1.29, 1.82) is 0 Å². The van der Waals surface area contributed by atoms with Gasteiger partial charge in [0.25, 0.3) is 0 Å². The number of aromatic amines is 1. The summed E-state index contributed by atoms with van der Waals surface area (Å²) in [6.45, 7) is 0. The van der Waals surface area contributed by atoms with Crippen LogP contribution in [0.3, 0.4) is 0 Å². The number of H-pyrrole nitrogens is 1. The van der Waals surface area contributed by atoms with Crippen LogP contribution in [0.2, 0.25) is 0 Å². The van der Waals surface area contributed by atoms with E-state index in [2.05, 4.69) is 4.74 Å². The third kappa shape index (κ3) is 2.86. The average Bonchev–Trinajstić information content (AvgIpc) is 1.96. The molecule has 0 saturated heterocycles. The Labute approximate surface area is 88.2 Å². The Bertz CT molecular complexity index is 400. The Morgan fingerprint density at radius 3 is 2.50 bits per heavy atom. The van der Waals surface area contributed by atoms with Gasteiger partial charge in [0.1, 0.15) is 0 Å². The Morgan fingerprint density at radius 1 is 1.43 bits per heavy atom. The lowest BCUT2D eigenvalue weighted by Gasteiger charge is -2.08. The second-order valence-electron chi connectivity index (χ2n) is 2.17. The van der Waals surface area contributed by atoms with Crippen LogP contribution in [-0.2, 0) is 0 Å².